The summed E-state index contributed by atoms with van der Waals surface area (Å²) in [4.78, 5) is 19.3. The maximum absolute atomic E-state index is 12.3. The number of carbonyl (C=O) groups is 1. The normalized spacial score (nSPS) is 10.8. The summed E-state index contributed by atoms with van der Waals surface area (Å²) in [6.07, 6.45) is 4.23. The lowest BCUT2D eigenvalue weighted by atomic mass is 10.1. The van der Waals surface area contributed by atoms with Gasteiger partial charge in [0.05, 0.1) is 0 Å². The molecule has 6 heteroatoms. The second-order valence-electron chi connectivity index (χ2n) is 7.83. The van der Waals surface area contributed by atoms with E-state index in [1.807, 2.05) is 18.2 Å². The van der Waals surface area contributed by atoms with Crippen LogP contribution in [0.15, 0.2) is 54.6 Å². The first-order valence-corrected chi connectivity index (χ1v) is 11.8. The van der Waals surface area contributed by atoms with Crippen LogP contribution in [-0.2, 0) is 17.6 Å². The molecule has 3 rings (SSSR count). The molecular weight excluding hydrogens is 404 g/mol. The Morgan fingerprint density at radius 3 is 2.55 bits per heavy atom. The fraction of sp³-hybridized carbons (Fsp3) is 0.400. The largest absolute Gasteiger partial charge is 0.356 e. The van der Waals surface area contributed by atoms with Crippen LogP contribution in [-0.4, -0.2) is 34.9 Å². The quantitative estimate of drug-likeness (QED) is 0.443. The number of aromatic nitrogens is 2. The standard InChI is InChI=1S/C25H32N4OS/c1-3-4-17-29(18-15-24(30)26-16-14-21-8-6-5-7-9-21)25-27-23(28-31-25)19-22-12-10-20(2)11-13-22/h5-13H,3-4,14-19H2,1-2H3,(H,26,30). The molecule has 0 bridgehead atoms. The highest BCUT2D eigenvalue weighted by atomic mass is 32.1. The van der Waals surface area contributed by atoms with E-state index in [4.69, 9.17) is 4.98 Å². The SMILES string of the molecule is CCCCN(CCC(=O)NCCc1ccccc1)c1nc(Cc2ccc(C)cc2)ns1. The van der Waals surface area contributed by atoms with Crippen LogP contribution in [0.1, 0.15) is 48.7 Å². The molecule has 0 radical (unpaired) electrons. The number of anilines is 1. The van der Waals surface area contributed by atoms with Crippen molar-refractivity contribution >= 4 is 22.6 Å². The van der Waals surface area contributed by atoms with Crippen LogP contribution < -0.4 is 10.2 Å². The molecule has 0 aliphatic rings. The minimum absolute atomic E-state index is 0.0850. The van der Waals surface area contributed by atoms with Gasteiger partial charge in [-0.3, -0.25) is 4.79 Å². The Morgan fingerprint density at radius 1 is 1.03 bits per heavy atom. The maximum Gasteiger partial charge on any atom is 0.221 e. The lowest BCUT2D eigenvalue weighted by Crippen LogP contribution is -2.32. The van der Waals surface area contributed by atoms with E-state index >= 15 is 0 Å². The van der Waals surface area contributed by atoms with Crippen molar-refractivity contribution in [3.63, 3.8) is 0 Å². The van der Waals surface area contributed by atoms with Gasteiger partial charge in [-0.2, -0.15) is 4.37 Å². The summed E-state index contributed by atoms with van der Waals surface area (Å²) < 4.78 is 4.56. The molecule has 1 heterocycles. The molecule has 0 unspecified atom stereocenters. The molecule has 0 atom stereocenters. The first kappa shape index (κ1) is 22.9. The van der Waals surface area contributed by atoms with Crippen LogP contribution in [0.2, 0.25) is 0 Å². The van der Waals surface area contributed by atoms with Crippen LogP contribution >= 0.6 is 11.5 Å². The molecule has 31 heavy (non-hydrogen) atoms. The summed E-state index contributed by atoms with van der Waals surface area (Å²) in [5.41, 5.74) is 3.71. The van der Waals surface area contributed by atoms with Crippen LogP contribution in [0.5, 0.6) is 0 Å². The van der Waals surface area contributed by atoms with Crippen molar-refractivity contribution in [3.8, 4) is 0 Å². The van der Waals surface area contributed by atoms with E-state index in [0.29, 0.717) is 19.5 Å². The molecule has 0 spiro atoms. The molecule has 5 nitrogen and oxygen atoms in total. The number of nitrogens with one attached hydrogen (secondary N) is 1. The molecule has 0 saturated carbocycles. The van der Waals surface area contributed by atoms with E-state index in [1.165, 1.54) is 28.2 Å². The first-order chi connectivity index (χ1) is 15.1. The fourth-order valence-corrected chi connectivity index (χ4v) is 4.04. The van der Waals surface area contributed by atoms with Gasteiger partial charge in [0.1, 0.15) is 5.82 Å². The van der Waals surface area contributed by atoms with Gasteiger partial charge in [0.25, 0.3) is 0 Å². The summed E-state index contributed by atoms with van der Waals surface area (Å²) in [6, 6.07) is 18.7. The average molecular weight is 437 g/mol. The predicted molar refractivity (Wildman–Crippen MR) is 129 cm³/mol. The van der Waals surface area contributed by atoms with Crippen LogP contribution in [0, 0.1) is 6.92 Å². The molecule has 1 aromatic heterocycles. The van der Waals surface area contributed by atoms with Gasteiger partial charge < -0.3 is 10.2 Å². The number of amides is 1. The van der Waals surface area contributed by atoms with Gasteiger partial charge in [-0.25, -0.2) is 4.98 Å². The number of rotatable bonds is 12. The Balaban J connectivity index is 1.50. The highest BCUT2D eigenvalue weighted by molar-refractivity contribution is 7.09. The van der Waals surface area contributed by atoms with Crippen molar-refractivity contribution in [1.82, 2.24) is 14.7 Å². The molecule has 3 aromatic rings. The Kier molecular flexibility index (Phi) is 9.03. The van der Waals surface area contributed by atoms with Gasteiger partial charge in [0, 0.05) is 44.0 Å². The number of hydrogen-bond donors (Lipinski definition) is 1. The van der Waals surface area contributed by atoms with E-state index in [2.05, 4.69) is 64.8 Å². The van der Waals surface area contributed by atoms with Gasteiger partial charge in [-0.1, -0.05) is 73.5 Å². The Labute approximate surface area is 189 Å². The van der Waals surface area contributed by atoms with E-state index in [9.17, 15) is 4.79 Å². The highest BCUT2D eigenvalue weighted by Gasteiger charge is 2.14. The summed E-state index contributed by atoms with van der Waals surface area (Å²) in [5.74, 6) is 0.930. The van der Waals surface area contributed by atoms with Crippen molar-refractivity contribution in [2.75, 3.05) is 24.5 Å². The third kappa shape index (κ3) is 7.79. The van der Waals surface area contributed by atoms with Crippen LogP contribution in [0.4, 0.5) is 5.13 Å². The van der Waals surface area contributed by atoms with E-state index in [1.54, 1.807) is 0 Å². The average Bonchev–Trinajstić information content (AvgIpc) is 3.24. The topological polar surface area (TPSA) is 58.1 Å². The predicted octanol–water partition coefficient (Wildman–Crippen LogP) is 4.79. The maximum atomic E-state index is 12.3. The Morgan fingerprint density at radius 2 is 1.81 bits per heavy atom. The van der Waals surface area contributed by atoms with Gasteiger partial charge in [-0.05, 0) is 30.9 Å². The zero-order valence-corrected chi connectivity index (χ0v) is 19.3. The smallest absolute Gasteiger partial charge is 0.221 e. The van der Waals surface area contributed by atoms with Crippen molar-refractivity contribution in [2.45, 2.75) is 46.0 Å². The van der Waals surface area contributed by atoms with E-state index < -0.39 is 0 Å². The van der Waals surface area contributed by atoms with Gasteiger partial charge >= 0.3 is 0 Å². The Hall–Kier alpha value is -2.73. The molecule has 0 aliphatic carbocycles. The molecule has 1 amide bonds. The van der Waals surface area contributed by atoms with Crippen molar-refractivity contribution < 1.29 is 4.79 Å². The minimum atomic E-state index is 0.0850. The summed E-state index contributed by atoms with van der Waals surface area (Å²) in [7, 11) is 0. The zero-order chi connectivity index (χ0) is 21.9. The second-order valence-corrected chi connectivity index (χ2v) is 8.56. The van der Waals surface area contributed by atoms with Crippen molar-refractivity contribution in [3.05, 3.63) is 77.1 Å². The van der Waals surface area contributed by atoms with Crippen LogP contribution in [0.3, 0.4) is 0 Å². The van der Waals surface area contributed by atoms with Gasteiger partial charge in [0.2, 0.25) is 11.0 Å². The monoisotopic (exact) mass is 436 g/mol. The summed E-state index contributed by atoms with van der Waals surface area (Å²) in [5, 5.41) is 3.95. The second kappa shape index (κ2) is 12.2. The minimum Gasteiger partial charge on any atom is -0.356 e. The molecular formula is C25H32N4OS. The van der Waals surface area contributed by atoms with E-state index in [0.717, 1.165) is 43.2 Å². The third-order valence-electron chi connectivity index (χ3n) is 5.18. The van der Waals surface area contributed by atoms with Crippen LogP contribution in [0.25, 0.3) is 0 Å². The highest BCUT2D eigenvalue weighted by Crippen LogP contribution is 2.20. The van der Waals surface area contributed by atoms with Crippen molar-refractivity contribution in [1.29, 1.82) is 0 Å². The van der Waals surface area contributed by atoms with E-state index in [-0.39, 0.29) is 5.91 Å². The summed E-state index contributed by atoms with van der Waals surface area (Å²) >= 11 is 1.43. The zero-order valence-electron chi connectivity index (χ0n) is 18.5. The lowest BCUT2D eigenvalue weighted by molar-refractivity contribution is -0.120. The molecule has 0 saturated heterocycles. The van der Waals surface area contributed by atoms with Crippen molar-refractivity contribution in [2.24, 2.45) is 0 Å². The molecule has 2 aromatic carbocycles. The summed E-state index contributed by atoms with van der Waals surface area (Å²) in [6.45, 7) is 6.49. The third-order valence-corrected chi connectivity index (χ3v) is 5.99. The number of nitrogens with zero attached hydrogens (tertiary/aromatic N) is 3. The number of benzene rings is 2. The molecule has 164 valence electrons. The molecule has 0 aliphatic heterocycles. The van der Waals surface area contributed by atoms with Gasteiger partial charge in [0.15, 0.2) is 0 Å². The van der Waals surface area contributed by atoms with Gasteiger partial charge in [-0.15, -0.1) is 0 Å². The first-order valence-electron chi connectivity index (χ1n) is 11.1. The Bertz CT molecular complexity index is 924. The molecule has 1 N–H and O–H groups in total. The molecule has 0 fully saturated rings. The number of unbranched alkanes of at least 4 members (excludes halogenated alkanes) is 1. The number of aryl methyl sites for hydroxylation is 1. The number of hydrogen-bond acceptors (Lipinski definition) is 5. The fourth-order valence-electron chi connectivity index (χ4n) is 3.30. The lowest BCUT2D eigenvalue weighted by Gasteiger charge is -2.20. The number of carbonyl (C=O) groups excluding carboxylic acids is 1.